The van der Waals surface area contributed by atoms with Crippen LogP contribution < -0.4 is 16.6 Å². The lowest BCUT2D eigenvalue weighted by Crippen LogP contribution is -2.37. The summed E-state index contributed by atoms with van der Waals surface area (Å²) >= 11 is 0. The number of hydrogen-bond acceptors (Lipinski definition) is 5. The molecule has 8 nitrogen and oxygen atoms in total. The van der Waals surface area contributed by atoms with E-state index in [-0.39, 0.29) is 35.2 Å². The summed E-state index contributed by atoms with van der Waals surface area (Å²) in [5, 5.41) is 17.5. The summed E-state index contributed by atoms with van der Waals surface area (Å²) in [6.07, 6.45) is 5.28. The number of amides is 1. The molecule has 3 rings (SSSR count). The van der Waals surface area contributed by atoms with Gasteiger partial charge in [-0.3, -0.25) is 14.2 Å². The summed E-state index contributed by atoms with van der Waals surface area (Å²) in [7, 11) is 0. The average Bonchev–Trinajstić information content (AvgIpc) is 3.27. The van der Waals surface area contributed by atoms with Crippen LogP contribution in [0.4, 0.5) is 5.82 Å². The number of carbonyl (C=O) groups excluding carboxylic acids is 1. The summed E-state index contributed by atoms with van der Waals surface area (Å²) in [6, 6.07) is 0.0642. The van der Waals surface area contributed by atoms with Gasteiger partial charge in [-0.05, 0) is 25.2 Å². The molecule has 2 heterocycles. The van der Waals surface area contributed by atoms with Crippen LogP contribution in [0.2, 0.25) is 0 Å². The van der Waals surface area contributed by atoms with Crippen LogP contribution in [0.15, 0.2) is 10.9 Å². The van der Waals surface area contributed by atoms with Crippen molar-refractivity contribution in [3.05, 3.63) is 27.6 Å². The molecule has 2 aromatic rings. The molecule has 0 bridgehead atoms. The Morgan fingerprint density at radius 3 is 2.56 bits per heavy atom. The number of nitrogens with zero attached hydrogens (tertiary/aromatic N) is 3. The van der Waals surface area contributed by atoms with Crippen molar-refractivity contribution in [3.8, 4) is 5.88 Å². The summed E-state index contributed by atoms with van der Waals surface area (Å²) in [5.74, 6) is -0.891. The fourth-order valence-electron chi connectivity index (χ4n) is 2.91. The number of nitrogen functional groups attached to an aromatic ring is 1. The van der Waals surface area contributed by atoms with Crippen LogP contribution >= 0.6 is 12.4 Å². The summed E-state index contributed by atoms with van der Waals surface area (Å²) in [6.45, 7) is 8.13. The number of nitrogens with one attached hydrogen (secondary N) is 1. The van der Waals surface area contributed by atoms with E-state index in [1.807, 2.05) is 27.7 Å². The number of halogens is 1. The first-order chi connectivity index (χ1) is 12.1. The Kier molecular flexibility index (Phi) is 5.60. The number of fused-ring (bicyclic) bond motifs is 1. The second kappa shape index (κ2) is 7.26. The van der Waals surface area contributed by atoms with Crippen LogP contribution in [0, 0.1) is 5.41 Å². The van der Waals surface area contributed by atoms with Crippen molar-refractivity contribution in [2.24, 2.45) is 5.41 Å². The van der Waals surface area contributed by atoms with Gasteiger partial charge in [-0.15, -0.1) is 17.5 Å². The van der Waals surface area contributed by atoms with E-state index in [0.717, 1.165) is 12.8 Å². The van der Waals surface area contributed by atoms with E-state index in [2.05, 4.69) is 10.4 Å². The van der Waals surface area contributed by atoms with Gasteiger partial charge in [0.1, 0.15) is 0 Å². The normalized spacial score (nSPS) is 14.5. The fraction of sp³-hybridized carbons (Fsp3) is 0.500. The molecule has 2 aromatic heterocycles. The highest BCUT2D eigenvalue weighted by Gasteiger charge is 2.31. The zero-order valence-corrected chi connectivity index (χ0v) is 16.8. The molecule has 1 fully saturated rings. The largest absolute Gasteiger partial charge is 0.492 e. The summed E-state index contributed by atoms with van der Waals surface area (Å²) in [5.41, 5.74) is 5.83. The molecule has 0 saturated heterocycles. The van der Waals surface area contributed by atoms with Gasteiger partial charge in [-0.1, -0.05) is 32.9 Å². The lowest BCUT2D eigenvalue weighted by atomic mass is 9.96. The quantitative estimate of drug-likeness (QED) is 0.733. The highest BCUT2D eigenvalue weighted by molar-refractivity contribution is 5.97. The van der Waals surface area contributed by atoms with Crippen molar-refractivity contribution in [3.63, 3.8) is 0 Å². The lowest BCUT2D eigenvalue weighted by Gasteiger charge is -2.22. The smallest absolute Gasteiger partial charge is 0.270 e. The summed E-state index contributed by atoms with van der Waals surface area (Å²) in [4.78, 5) is 25.7. The number of carbonyl (C=O) groups is 1. The van der Waals surface area contributed by atoms with Gasteiger partial charge in [-0.2, -0.15) is 4.52 Å². The molecule has 0 unspecified atom stereocenters. The Morgan fingerprint density at radius 2 is 2.04 bits per heavy atom. The fourth-order valence-corrected chi connectivity index (χ4v) is 2.91. The highest BCUT2D eigenvalue weighted by atomic mass is 35.5. The molecule has 1 aliphatic rings. The van der Waals surface area contributed by atoms with Gasteiger partial charge in [0.2, 0.25) is 5.88 Å². The molecule has 1 amide bonds. The van der Waals surface area contributed by atoms with Crippen LogP contribution in [0.5, 0.6) is 5.88 Å². The third kappa shape index (κ3) is 3.95. The Hall–Kier alpha value is -2.48. The van der Waals surface area contributed by atoms with Gasteiger partial charge >= 0.3 is 0 Å². The standard InChI is InChI=1S/C18H25N5O3.ClH/c1-5-6-11-13(19)21-23-15(11)22(9-18(2,3)4)16(25)12(17(23)26)14(24)20-10-7-8-10;/h5-6,10,26H,7-9H2,1-4H3,(H2,19,21)(H,20,24);1H/b6-5+;. The van der Waals surface area contributed by atoms with Crippen molar-refractivity contribution in [2.45, 2.75) is 53.1 Å². The van der Waals surface area contributed by atoms with E-state index < -0.39 is 17.3 Å². The topological polar surface area (TPSA) is 115 Å². The van der Waals surface area contributed by atoms with Gasteiger partial charge in [0, 0.05) is 12.6 Å². The Balaban J connectivity index is 0.00000261. The number of aromatic hydroxyl groups is 1. The Labute approximate surface area is 163 Å². The molecule has 0 atom stereocenters. The van der Waals surface area contributed by atoms with Crippen LogP contribution in [-0.4, -0.2) is 31.2 Å². The first-order valence-electron chi connectivity index (χ1n) is 8.71. The molecule has 148 valence electrons. The first-order valence-corrected chi connectivity index (χ1v) is 8.71. The molecular weight excluding hydrogens is 370 g/mol. The molecule has 0 radical (unpaired) electrons. The molecule has 0 spiro atoms. The molecule has 9 heteroatoms. The predicted octanol–water partition coefficient (Wildman–Crippen LogP) is 2.18. The van der Waals surface area contributed by atoms with E-state index in [9.17, 15) is 14.7 Å². The van der Waals surface area contributed by atoms with Crippen molar-refractivity contribution in [1.29, 1.82) is 0 Å². The van der Waals surface area contributed by atoms with E-state index in [4.69, 9.17) is 5.73 Å². The van der Waals surface area contributed by atoms with Crippen molar-refractivity contribution < 1.29 is 9.90 Å². The van der Waals surface area contributed by atoms with E-state index >= 15 is 0 Å². The molecular formula is C18H26ClN5O3. The van der Waals surface area contributed by atoms with E-state index in [1.165, 1.54) is 9.08 Å². The maximum absolute atomic E-state index is 13.1. The van der Waals surface area contributed by atoms with Gasteiger partial charge in [0.05, 0.1) is 5.56 Å². The summed E-state index contributed by atoms with van der Waals surface area (Å²) < 4.78 is 2.65. The minimum atomic E-state index is -0.582. The van der Waals surface area contributed by atoms with Gasteiger partial charge < -0.3 is 16.2 Å². The minimum absolute atomic E-state index is 0. The Bertz CT molecular complexity index is 964. The zero-order valence-electron chi connectivity index (χ0n) is 15.9. The third-order valence-electron chi connectivity index (χ3n) is 4.17. The van der Waals surface area contributed by atoms with Crippen LogP contribution in [0.25, 0.3) is 11.7 Å². The number of aromatic nitrogens is 3. The van der Waals surface area contributed by atoms with Gasteiger partial charge in [0.15, 0.2) is 17.0 Å². The van der Waals surface area contributed by atoms with Crippen molar-refractivity contribution in [2.75, 3.05) is 5.73 Å². The number of allylic oxidation sites excluding steroid dienone is 1. The molecule has 27 heavy (non-hydrogen) atoms. The number of rotatable bonds is 4. The predicted molar refractivity (Wildman–Crippen MR) is 107 cm³/mol. The molecule has 0 aliphatic heterocycles. The van der Waals surface area contributed by atoms with Gasteiger partial charge in [0.25, 0.3) is 11.5 Å². The molecule has 0 aromatic carbocycles. The highest BCUT2D eigenvalue weighted by Crippen LogP contribution is 2.27. The third-order valence-corrected chi connectivity index (χ3v) is 4.17. The first kappa shape index (κ1) is 20.8. The SMILES string of the molecule is C/C=C/c1c(N)nn2c(O)c(C(=O)NC3CC3)c(=O)n(CC(C)(C)C)c12.Cl. The monoisotopic (exact) mass is 395 g/mol. The van der Waals surface area contributed by atoms with Crippen LogP contribution in [0.1, 0.15) is 56.5 Å². The van der Waals surface area contributed by atoms with E-state index in [1.54, 1.807) is 12.2 Å². The van der Waals surface area contributed by atoms with Crippen molar-refractivity contribution in [1.82, 2.24) is 19.5 Å². The molecule has 4 N–H and O–H groups in total. The molecule has 1 aliphatic carbocycles. The van der Waals surface area contributed by atoms with Gasteiger partial charge in [-0.25, -0.2) is 0 Å². The van der Waals surface area contributed by atoms with E-state index in [0.29, 0.717) is 17.8 Å². The molecule has 1 saturated carbocycles. The maximum atomic E-state index is 13.1. The second-order valence-electron chi connectivity index (χ2n) is 7.93. The number of nitrogens with two attached hydrogens (primary N) is 1. The maximum Gasteiger partial charge on any atom is 0.270 e. The minimum Gasteiger partial charge on any atom is -0.492 e. The lowest BCUT2D eigenvalue weighted by molar-refractivity contribution is 0.0944. The van der Waals surface area contributed by atoms with Crippen molar-refractivity contribution >= 4 is 35.9 Å². The van der Waals surface area contributed by atoms with Crippen LogP contribution in [0.3, 0.4) is 0 Å². The second-order valence-corrected chi connectivity index (χ2v) is 7.93. The zero-order chi connectivity index (χ0) is 19.2. The average molecular weight is 396 g/mol. The van der Waals surface area contributed by atoms with Crippen LogP contribution in [-0.2, 0) is 6.54 Å². The number of anilines is 1. The Morgan fingerprint density at radius 1 is 1.41 bits per heavy atom. The number of hydrogen-bond donors (Lipinski definition) is 3.